The van der Waals surface area contributed by atoms with Crippen LogP contribution in [0.25, 0.3) is 0 Å². The molecule has 0 radical (unpaired) electrons. The molecule has 0 N–H and O–H groups in total. The minimum absolute atomic E-state index is 0.226. The van der Waals surface area contributed by atoms with Gasteiger partial charge in [-0.2, -0.15) is 13.2 Å². The Hall–Kier alpha value is -0.640. The van der Waals surface area contributed by atoms with Crippen molar-refractivity contribution in [2.24, 2.45) is 0 Å². The van der Waals surface area contributed by atoms with Crippen molar-refractivity contribution >= 4 is 11.8 Å². The molecular formula is C11H13F3S. The molecule has 0 aromatic heterocycles. The van der Waals surface area contributed by atoms with Crippen LogP contribution in [-0.2, 0) is 0 Å². The molecule has 0 atom stereocenters. The van der Waals surface area contributed by atoms with Crippen LogP contribution < -0.4 is 0 Å². The lowest BCUT2D eigenvalue weighted by molar-refractivity contribution is -0.135. The summed E-state index contributed by atoms with van der Waals surface area (Å²) in [7, 11) is 0. The van der Waals surface area contributed by atoms with E-state index in [4.69, 9.17) is 0 Å². The summed E-state index contributed by atoms with van der Waals surface area (Å²) in [4.78, 5) is 1.12. The molecule has 0 saturated heterocycles. The molecule has 84 valence electrons. The zero-order valence-corrected chi connectivity index (χ0v) is 9.07. The molecule has 0 fully saturated rings. The summed E-state index contributed by atoms with van der Waals surface area (Å²) in [5.41, 5.74) is 0. The number of thioether (sulfide) groups is 1. The van der Waals surface area contributed by atoms with Gasteiger partial charge in [0.25, 0.3) is 0 Å². The summed E-state index contributed by atoms with van der Waals surface area (Å²) in [6, 6.07) is 9.71. The van der Waals surface area contributed by atoms with Gasteiger partial charge in [-0.1, -0.05) is 18.2 Å². The van der Waals surface area contributed by atoms with E-state index in [-0.39, 0.29) is 6.42 Å². The van der Waals surface area contributed by atoms with Gasteiger partial charge in [0.1, 0.15) is 0 Å². The molecule has 1 rings (SSSR count). The molecule has 0 aliphatic heterocycles. The van der Waals surface area contributed by atoms with Crippen LogP contribution in [0, 0.1) is 0 Å². The van der Waals surface area contributed by atoms with Crippen molar-refractivity contribution in [1.82, 2.24) is 0 Å². The standard InChI is InChI=1S/C11H13F3S/c12-11(13,14)8-4-5-9-15-10-6-2-1-3-7-10/h1-3,6-7H,4-5,8-9H2. The van der Waals surface area contributed by atoms with Crippen LogP contribution >= 0.6 is 11.8 Å². The fourth-order valence-corrected chi connectivity index (χ4v) is 2.07. The summed E-state index contributed by atoms with van der Waals surface area (Å²) in [6.45, 7) is 0. The number of halogens is 3. The van der Waals surface area contributed by atoms with Gasteiger partial charge in [-0.3, -0.25) is 0 Å². The number of benzene rings is 1. The minimum atomic E-state index is -4.00. The van der Waals surface area contributed by atoms with Crippen LogP contribution in [0.2, 0.25) is 0 Å². The molecule has 0 bridgehead atoms. The van der Waals surface area contributed by atoms with Crippen LogP contribution in [-0.4, -0.2) is 11.9 Å². The van der Waals surface area contributed by atoms with Crippen LogP contribution in [0.15, 0.2) is 35.2 Å². The minimum Gasteiger partial charge on any atom is -0.171 e. The Morgan fingerprint density at radius 3 is 2.27 bits per heavy atom. The number of alkyl halides is 3. The number of unbranched alkanes of at least 4 members (excludes halogenated alkanes) is 1. The molecule has 1 aromatic carbocycles. The van der Waals surface area contributed by atoms with E-state index in [0.717, 1.165) is 10.6 Å². The molecule has 0 heterocycles. The molecule has 0 aliphatic carbocycles. The van der Waals surface area contributed by atoms with E-state index in [1.165, 1.54) is 0 Å². The summed E-state index contributed by atoms with van der Waals surface area (Å²) in [6.07, 6.45) is -3.83. The maximum Gasteiger partial charge on any atom is 0.389 e. The maximum atomic E-state index is 11.8. The highest BCUT2D eigenvalue weighted by atomic mass is 32.2. The third-order valence-corrected chi connectivity index (χ3v) is 2.96. The van der Waals surface area contributed by atoms with Gasteiger partial charge in [-0.15, -0.1) is 11.8 Å². The van der Waals surface area contributed by atoms with Crippen LogP contribution in [0.5, 0.6) is 0 Å². The quantitative estimate of drug-likeness (QED) is 0.533. The van der Waals surface area contributed by atoms with Gasteiger partial charge in [-0.25, -0.2) is 0 Å². The molecule has 15 heavy (non-hydrogen) atoms. The monoisotopic (exact) mass is 234 g/mol. The van der Waals surface area contributed by atoms with Gasteiger partial charge in [-0.05, 0) is 30.7 Å². The number of hydrogen-bond acceptors (Lipinski definition) is 1. The van der Waals surface area contributed by atoms with Gasteiger partial charge >= 0.3 is 6.18 Å². The average Bonchev–Trinajstić information content (AvgIpc) is 2.17. The number of rotatable bonds is 5. The Balaban J connectivity index is 2.08. The van der Waals surface area contributed by atoms with Crippen LogP contribution in [0.1, 0.15) is 19.3 Å². The predicted octanol–water partition coefficient (Wildman–Crippen LogP) is 4.51. The fourth-order valence-electron chi connectivity index (χ4n) is 1.13. The Bertz CT molecular complexity index is 269. The van der Waals surface area contributed by atoms with Crippen molar-refractivity contribution in [3.63, 3.8) is 0 Å². The topological polar surface area (TPSA) is 0 Å². The van der Waals surface area contributed by atoms with E-state index in [9.17, 15) is 13.2 Å². The Morgan fingerprint density at radius 2 is 1.67 bits per heavy atom. The van der Waals surface area contributed by atoms with E-state index in [0.29, 0.717) is 6.42 Å². The van der Waals surface area contributed by atoms with Crippen molar-refractivity contribution < 1.29 is 13.2 Å². The largest absolute Gasteiger partial charge is 0.389 e. The fraction of sp³-hybridized carbons (Fsp3) is 0.455. The van der Waals surface area contributed by atoms with Crippen molar-refractivity contribution in [1.29, 1.82) is 0 Å². The highest BCUT2D eigenvalue weighted by molar-refractivity contribution is 7.99. The van der Waals surface area contributed by atoms with Gasteiger partial charge in [0.15, 0.2) is 0 Å². The van der Waals surface area contributed by atoms with Crippen molar-refractivity contribution in [3.05, 3.63) is 30.3 Å². The van der Waals surface area contributed by atoms with Gasteiger partial charge in [0.05, 0.1) is 0 Å². The second kappa shape index (κ2) is 6.05. The Kier molecular flexibility index (Phi) is 5.02. The molecule has 0 nitrogen and oxygen atoms in total. The molecule has 0 amide bonds. The first-order valence-electron chi connectivity index (χ1n) is 4.82. The zero-order valence-electron chi connectivity index (χ0n) is 8.26. The Labute approximate surface area is 91.9 Å². The van der Waals surface area contributed by atoms with E-state index in [2.05, 4.69) is 0 Å². The lowest BCUT2D eigenvalue weighted by Gasteiger charge is -2.05. The Morgan fingerprint density at radius 1 is 1.00 bits per heavy atom. The summed E-state index contributed by atoms with van der Waals surface area (Å²) >= 11 is 1.60. The highest BCUT2D eigenvalue weighted by Crippen LogP contribution is 2.24. The van der Waals surface area contributed by atoms with Gasteiger partial charge < -0.3 is 0 Å². The third kappa shape index (κ3) is 6.44. The molecule has 0 saturated carbocycles. The maximum absolute atomic E-state index is 11.8. The van der Waals surface area contributed by atoms with E-state index >= 15 is 0 Å². The van der Waals surface area contributed by atoms with Crippen molar-refractivity contribution in [2.45, 2.75) is 30.3 Å². The molecule has 0 unspecified atom stereocenters. The SMILES string of the molecule is FC(F)(F)CCCCSc1ccccc1. The second-order valence-corrected chi connectivity index (χ2v) is 4.40. The molecular weight excluding hydrogens is 221 g/mol. The zero-order chi connectivity index (χ0) is 11.1. The third-order valence-electron chi connectivity index (χ3n) is 1.87. The summed E-state index contributed by atoms with van der Waals surface area (Å²) in [5, 5.41) is 0. The van der Waals surface area contributed by atoms with E-state index in [1.54, 1.807) is 11.8 Å². The van der Waals surface area contributed by atoms with Crippen LogP contribution in [0.4, 0.5) is 13.2 Å². The van der Waals surface area contributed by atoms with E-state index in [1.807, 2.05) is 30.3 Å². The predicted molar refractivity (Wildman–Crippen MR) is 57.1 cm³/mol. The normalized spacial score (nSPS) is 11.7. The molecule has 0 aliphatic rings. The van der Waals surface area contributed by atoms with Gasteiger partial charge in [0.2, 0.25) is 0 Å². The molecule has 4 heteroatoms. The highest BCUT2D eigenvalue weighted by Gasteiger charge is 2.25. The van der Waals surface area contributed by atoms with E-state index < -0.39 is 12.6 Å². The van der Waals surface area contributed by atoms with Crippen LogP contribution in [0.3, 0.4) is 0 Å². The molecule has 1 aromatic rings. The first-order valence-corrected chi connectivity index (χ1v) is 5.81. The lowest BCUT2D eigenvalue weighted by atomic mass is 10.2. The first kappa shape index (κ1) is 12.4. The second-order valence-electron chi connectivity index (χ2n) is 3.23. The van der Waals surface area contributed by atoms with Crippen molar-refractivity contribution in [3.8, 4) is 0 Å². The van der Waals surface area contributed by atoms with Gasteiger partial charge in [0, 0.05) is 11.3 Å². The molecule has 0 spiro atoms. The smallest absolute Gasteiger partial charge is 0.171 e. The lowest BCUT2D eigenvalue weighted by Crippen LogP contribution is -2.06. The number of hydrogen-bond donors (Lipinski definition) is 0. The summed E-state index contributed by atoms with van der Waals surface area (Å²) in [5.74, 6) is 0.750. The average molecular weight is 234 g/mol. The van der Waals surface area contributed by atoms with Crippen molar-refractivity contribution in [2.75, 3.05) is 5.75 Å². The first-order chi connectivity index (χ1) is 7.08. The summed E-state index contributed by atoms with van der Waals surface area (Å²) < 4.78 is 35.4.